The minimum atomic E-state index is -1.50. The van der Waals surface area contributed by atoms with E-state index >= 15 is 0 Å². The average Bonchev–Trinajstić information content (AvgIpc) is 3.01. The molecule has 7 heteroatoms. The molecule has 2 N–H and O–H groups in total. The van der Waals surface area contributed by atoms with Crippen molar-refractivity contribution in [2.45, 2.75) is 38.5 Å². The van der Waals surface area contributed by atoms with E-state index in [0.717, 1.165) is 35.7 Å². The first-order valence-corrected chi connectivity index (χ1v) is 7.25. The van der Waals surface area contributed by atoms with Gasteiger partial charge < -0.3 is 14.8 Å². The Morgan fingerprint density at radius 3 is 2.73 bits per heavy atom. The number of allylic oxidation sites excluding steroid dienone is 2. The van der Waals surface area contributed by atoms with Crippen LogP contribution in [0.2, 0.25) is 5.28 Å². The molecule has 0 saturated heterocycles. The van der Waals surface area contributed by atoms with Crippen LogP contribution in [-0.2, 0) is 4.79 Å². The lowest BCUT2D eigenvalue weighted by Gasteiger charge is -2.10. The molecule has 0 aromatic carbocycles. The molecule has 1 aliphatic rings. The monoisotopic (exact) mass is 323 g/mol. The number of hydrogen-bond acceptors (Lipinski definition) is 5. The molecule has 0 radical (unpaired) electrons. The number of halogens is 1. The molecule has 1 aliphatic carbocycles. The number of carbonyl (C=O) groups is 1. The van der Waals surface area contributed by atoms with Gasteiger partial charge in [-0.3, -0.25) is 4.79 Å². The number of aromatic nitrogens is 3. The molecule has 6 nitrogen and oxygen atoms in total. The summed E-state index contributed by atoms with van der Waals surface area (Å²) in [5, 5.41) is 17.4. The van der Waals surface area contributed by atoms with E-state index in [9.17, 15) is 4.79 Å². The number of rotatable bonds is 2. The first-order valence-electron chi connectivity index (χ1n) is 6.87. The van der Waals surface area contributed by atoms with Crippen LogP contribution in [0.15, 0.2) is 30.1 Å². The van der Waals surface area contributed by atoms with Gasteiger partial charge in [-0.05, 0) is 49.9 Å². The van der Waals surface area contributed by atoms with Crippen LogP contribution in [0.3, 0.4) is 0 Å². The topological polar surface area (TPSA) is 88.2 Å². The molecule has 3 rings (SSSR count). The van der Waals surface area contributed by atoms with Crippen LogP contribution >= 0.6 is 11.6 Å². The molecule has 0 bridgehead atoms. The summed E-state index contributed by atoms with van der Waals surface area (Å²) in [4.78, 5) is 18.9. The third kappa shape index (κ3) is 4.37. The second-order valence-corrected chi connectivity index (χ2v) is 5.94. The summed E-state index contributed by atoms with van der Waals surface area (Å²) >= 11 is 5.80. The van der Waals surface area contributed by atoms with Gasteiger partial charge in [0.05, 0.1) is 6.04 Å². The average molecular weight is 324 g/mol. The highest BCUT2D eigenvalue weighted by Gasteiger charge is 2.18. The van der Waals surface area contributed by atoms with Crippen LogP contribution < -0.4 is 0 Å². The van der Waals surface area contributed by atoms with Gasteiger partial charge in [-0.15, -0.1) is 0 Å². The molecule has 2 aromatic heterocycles. The maximum atomic E-state index is 10.7. The summed E-state index contributed by atoms with van der Waals surface area (Å²) in [7, 11) is 0. The Morgan fingerprint density at radius 2 is 2.14 bits per heavy atom. The minimum Gasteiger partial charge on any atom is -0.366 e. The molecule has 0 spiro atoms. The molecule has 2 heterocycles. The molecule has 2 aromatic rings. The third-order valence-corrected chi connectivity index (χ3v) is 3.25. The van der Waals surface area contributed by atoms with Gasteiger partial charge in [0.2, 0.25) is 5.28 Å². The van der Waals surface area contributed by atoms with Crippen LogP contribution in [0.1, 0.15) is 32.7 Å². The van der Waals surface area contributed by atoms with Crippen molar-refractivity contribution < 1.29 is 15.0 Å². The zero-order valence-corrected chi connectivity index (χ0v) is 13.2. The maximum absolute atomic E-state index is 10.7. The fraction of sp³-hybridized carbons (Fsp3) is 0.400. The second-order valence-electron chi connectivity index (χ2n) is 5.60. The van der Waals surface area contributed by atoms with Gasteiger partial charge in [0, 0.05) is 17.8 Å². The Balaban J connectivity index is 0.000000309. The summed E-state index contributed by atoms with van der Waals surface area (Å²) in [6.45, 7) is 2.60. The number of carbonyl (C=O) groups excluding carboxylic acids is 1. The third-order valence-electron chi connectivity index (χ3n) is 3.07. The maximum Gasteiger partial charge on any atom is 0.224 e. The van der Waals surface area contributed by atoms with Gasteiger partial charge in [-0.2, -0.15) is 4.98 Å². The molecule has 22 heavy (non-hydrogen) atoms. The number of fused-ring (bicyclic) bond motifs is 1. The Kier molecular flexibility index (Phi) is 4.95. The number of aliphatic hydroxyl groups is 2. The predicted octanol–water partition coefficient (Wildman–Crippen LogP) is 2.25. The molecule has 0 amide bonds. The van der Waals surface area contributed by atoms with Crippen LogP contribution in [-0.4, -0.2) is 36.8 Å². The van der Waals surface area contributed by atoms with E-state index in [1.165, 1.54) is 13.8 Å². The number of hydrogen-bond donors (Lipinski definition) is 2. The fourth-order valence-corrected chi connectivity index (χ4v) is 2.36. The SMILES string of the molecule is CC(C)(O)O.O=CC1=CC(n2ccc3cnc(Cl)nc32)CC1. The van der Waals surface area contributed by atoms with Crippen molar-refractivity contribution in [2.75, 3.05) is 0 Å². The van der Waals surface area contributed by atoms with Crippen molar-refractivity contribution in [1.29, 1.82) is 0 Å². The van der Waals surface area contributed by atoms with Crippen LogP contribution in [0, 0.1) is 0 Å². The lowest BCUT2D eigenvalue weighted by Crippen LogP contribution is -2.15. The number of aldehydes is 1. The van der Waals surface area contributed by atoms with Crippen molar-refractivity contribution in [3.63, 3.8) is 0 Å². The first kappa shape index (κ1) is 16.6. The summed E-state index contributed by atoms with van der Waals surface area (Å²) in [5.41, 5.74) is 1.68. The Hall–Kier alpha value is -1.76. The minimum absolute atomic E-state index is 0.193. The van der Waals surface area contributed by atoms with Gasteiger partial charge >= 0.3 is 0 Å². The van der Waals surface area contributed by atoms with Crippen molar-refractivity contribution in [3.8, 4) is 0 Å². The Labute approximate surface area is 133 Å². The molecule has 0 fully saturated rings. The van der Waals surface area contributed by atoms with Crippen LogP contribution in [0.4, 0.5) is 0 Å². The predicted molar refractivity (Wildman–Crippen MR) is 83.5 cm³/mol. The summed E-state index contributed by atoms with van der Waals surface area (Å²) in [6, 6.07) is 2.15. The molecule has 1 unspecified atom stereocenters. The molecule has 1 atom stereocenters. The Bertz CT molecular complexity index is 698. The summed E-state index contributed by atoms with van der Waals surface area (Å²) < 4.78 is 2.04. The highest BCUT2D eigenvalue weighted by atomic mass is 35.5. The van der Waals surface area contributed by atoms with E-state index in [1.54, 1.807) is 6.20 Å². The standard InChI is InChI=1S/C12H10ClN3O.C3H8O2/c13-12-14-6-9-3-4-16(11(9)15-12)10-2-1-8(5-10)7-17;1-3(2,4)5/h3-7,10H,1-2H2;4-5H,1-2H3. The van der Waals surface area contributed by atoms with Crippen molar-refractivity contribution >= 4 is 28.9 Å². The van der Waals surface area contributed by atoms with E-state index in [-0.39, 0.29) is 11.3 Å². The quantitative estimate of drug-likeness (QED) is 0.503. The smallest absolute Gasteiger partial charge is 0.224 e. The van der Waals surface area contributed by atoms with Gasteiger partial charge in [0.1, 0.15) is 11.9 Å². The van der Waals surface area contributed by atoms with E-state index < -0.39 is 5.79 Å². The lowest BCUT2D eigenvalue weighted by atomic mass is 10.2. The van der Waals surface area contributed by atoms with Crippen LogP contribution in [0.5, 0.6) is 0 Å². The van der Waals surface area contributed by atoms with E-state index in [0.29, 0.717) is 0 Å². The Morgan fingerprint density at radius 1 is 1.45 bits per heavy atom. The highest BCUT2D eigenvalue weighted by Crippen LogP contribution is 2.30. The normalized spacial score (nSPS) is 17.9. The molecule has 0 aliphatic heterocycles. The number of nitrogens with zero attached hydrogens (tertiary/aromatic N) is 3. The van der Waals surface area contributed by atoms with E-state index in [2.05, 4.69) is 9.97 Å². The largest absolute Gasteiger partial charge is 0.366 e. The van der Waals surface area contributed by atoms with Crippen molar-refractivity contribution in [1.82, 2.24) is 14.5 Å². The van der Waals surface area contributed by atoms with E-state index in [1.807, 2.05) is 22.9 Å². The summed E-state index contributed by atoms with van der Waals surface area (Å²) in [5.74, 6) is -1.50. The van der Waals surface area contributed by atoms with Crippen molar-refractivity contribution in [2.24, 2.45) is 0 Å². The van der Waals surface area contributed by atoms with E-state index in [4.69, 9.17) is 21.8 Å². The lowest BCUT2D eigenvalue weighted by molar-refractivity contribution is -0.127. The molecule has 118 valence electrons. The van der Waals surface area contributed by atoms with Gasteiger partial charge in [-0.25, -0.2) is 4.98 Å². The fourth-order valence-electron chi connectivity index (χ4n) is 2.23. The summed E-state index contributed by atoms with van der Waals surface area (Å²) in [6.07, 6.45) is 8.34. The first-order chi connectivity index (χ1) is 10.3. The van der Waals surface area contributed by atoms with Crippen molar-refractivity contribution in [3.05, 3.63) is 35.4 Å². The molecule has 0 saturated carbocycles. The molecular weight excluding hydrogens is 306 g/mol. The zero-order chi connectivity index (χ0) is 16.3. The molecular formula is C15H18ClN3O3. The van der Waals surface area contributed by atoms with Gasteiger partial charge in [0.15, 0.2) is 5.79 Å². The highest BCUT2D eigenvalue weighted by molar-refractivity contribution is 6.28. The van der Waals surface area contributed by atoms with Gasteiger partial charge in [0.25, 0.3) is 0 Å². The zero-order valence-electron chi connectivity index (χ0n) is 12.4. The van der Waals surface area contributed by atoms with Crippen LogP contribution in [0.25, 0.3) is 11.0 Å². The second kappa shape index (κ2) is 6.56. The van der Waals surface area contributed by atoms with Gasteiger partial charge in [-0.1, -0.05) is 6.08 Å².